The molecular formula is C24H16ClFN4O2S. The van der Waals surface area contributed by atoms with Crippen LogP contribution in [0.3, 0.4) is 0 Å². The number of thioether (sulfide) groups is 1. The molecule has 2 heterocycles. The SMILES string of the molecule is O=C(CSc1nc2c([nH]c3ccccc32)c(=O)n1-c1ccc(Cl)cc1)Nc1ccc(F)cc1. The van der Waals surface area contributed by atoms with Crippen LogP contribution in [0.4, 0.5) is 10.1 Å². The Morgan fingerprint density at radius 1 is 1.06 bits per heavy atom. The smallest absolute Gasteiger partial charge is 0.283 e. The van der Waals surface area contributed by atoms with Gasteiger partial charge in [0.1, 0.15) is 16.9 Å². The number of hydrogen-bond donors (Lipinski definition) is 2. The van der Waals surface area contributed by atoms with E-state index in [2.05, 4.69) is 10.3 Å². The van der Waals surface area contributed by atoms with Crippen LogP contribution in [0.5, 0.6) is 0 Å². The van der Waals surface area contributed by atoms with Gasteiger partial charge in [0, 0.05) is 21.6 Å². The maximum atomic E-state index is 13.5. The van der Waals surface area contributed by atoms with Crippen LogP contribution in [0.2, 0.25) is 5.02 Å². The van der Waals surface area contributed by atoms with E-state index in [4.69, 9.17) is 16.6 Å². The molecule has 1 amide bonds. The first kappa shape index (κ1) is 21.2. The molecule has 5 rings (SSSR count). The van der Waals surface area contributed by atoms with Crippen molar-refractivity contribution in [3.05, 3.63) is 94.0 Å². The van der Waals surface area contributed by atoms with Crippen molar-refractivity contribution < 1.29 is 9.18 Å². The van der Waals surface area contributed by atoms with Gasteiger partial charge in [0.2, 0.25) is 5.91 Å². The van der Waals surface area contributed by atoms with E-state index in [0.717, 1.165) is 22.7 Å². The number of fused-ring (bicyclic) bond motifs is 3. The van der Waals surface area contributed by atoms with E-state index in [1.807, 2.05) is 24.3 Å². The Labute approximate surface area is 196 Å². The monoisotopic (exact) mass is 478 g/mol. The fourth-order valence-electron chi connectivity index (χ4n) is 3.52. The van der Waals surface area contributed by atoms with E-state index in [1.165, 1.54) is 28.8 Å². The van der Waals surface area contributed by atoms with Gasteiger partial charge in [0.25, 0.3) is 5.56 Å². The van der Waals surface area contributed by atoms with Gasteiger partial charge in [0.15, 0.2) is 5.16 Å². The first-order valence-corrected chi connectivity index (χ1v) is 11.3. The normalized spacial score (nSPS) is 11.2. The number of nitrogens with zero attached hydrogens (tertiary/aromatic N) is 2. The largest absolute Gasteiger partial charge is 0.349 e. The van der Waals surface area contributed by atoms with Crippen molar-refractivity contribution >= 4 is 56.9 Å². The van der Waals surface area contributed by atoms with Gasteiger partial charge < -0.3 is 10.3 Å². The number of H-pyrrole nitrogens is 1. The molecule has 33 heavy (non-hydrogen) atoms. The minimum atomic E-state index is -0.384. The number of nitrogens with one attached hydrogen (secondary N) is 2. The number of halogens is 2. The van der Waals surface area contributed by atoms with E-state index in [9.17, 15) is 14.0 Å². The second-order valence-corrected chi connectivity index (χ2v) is 8.63. The first-order chi connectivity index (χ1) is 16.0. The minimum Gasteiger partial charge on any atom is -0.349 e. The number of carbonyl (C=O) groups excluding carboxylic acids is 1. The Morgan fingerprint density at radius 2 is 1.79 bits per heavy atom. The zero-order valence-electron chi connectivity index (χ0n) is 17.0. The highest BCUT2D eigenvalue weighted by molar-refractivity contribution is 7.99. The maximum absolute atomic E-state index is 13.5. The van der Waals surface area contributed by atoms with Crippen LogP contribution in [0.15, 0.2) is 82.7 Å². The predicted octanol–water partition coefficient (Wildman–Crippen LogP) is 5.39. The summed E-state index contributed by atoms with van der Waals surface area (Å²) < 4.78 is 14.6. The fraction of sp³-hybridized carbons (Fsp3) is 0.0417. The standard InChI is InChI=1S/C24H16ClFN4O2S/c25-14-5-11-17(12-6-14)30-23(32)22-21(18-3-1-2-4-19(18)28-22)29-24(30)33-13-20(31)27-16-9-7-15(26)8-10-16/h1-12,28H,13H2,(H,27,31). The van der Waals surface area contributed by atoms with Crippen LogP contribution in [0.1, 0.15) is 0 Å². The highest BCUT2D eigenvalue weighted by Gasteiger charge is 2.18. The third-order valence-electron chi connectivity index (χ3n) is 5.04. The predicted molar refractivity (Wildman–Crippen MR) is 130 cm³/mol. The van der Waals surface area contributed by atoms with Crippen LogP contribution in [0.25, 0.3) is 27.6 Å². The molecule has 0 aliphatic rings. The molecule has 0 radical (unpaired) electrons. The molecule has 0 saturated carbocycles. The molecule has 0 fully saturated rings. The number of carbonyl (C=O) groups is 1. The zero-order valence-corrected chi connectivity index (χ0v) is 18.6. The number of hydrogen-bond acceptors (Lipinski definition) is 4. The van der Waals surface area contributed by atoms with Crippen molar-refractivity contribution in [3.8, 4) is 5.69 Å². The molecule has 2 aromatic heterocycles. The Bertz CT molecular complexity index is 1550. The fourth-order valence-corrected chi connectivity index (χ4v) is 4.45. The van der Waals surface area contributed by atoms with Crippen molar-refractivity contribution in [1.29, 1.82) is 0 Å². The maximum Gasteiger partial charge on any atom is 0.283 e. The summed E-state index contributed by atoms with van der Waals surface area (Å²) in [5.74, 6) is -0.682. The van der Waals surface area contributed by atoms with Crippen LogP contribution in [-0.2, 0) is 4.79 Å². The molecular weight excluding hydrogens is 463 g/mol. The summed E-state index contributed by atoms with van der Waals surface area (Å²) in [6.07, 6.45) is 0. The number of amides is 1. The zero-order chi connectivity index (χ0) is 22.9. The van der Waals surface area contributed by atoms with E-state index in [0.29, 0.717) is 32.6 Å². The van der Waals surface area contributed by atoms with E-state index in [-0.39, 0.29) is 23.0 Å². The Hall–Kier alpha value is -3.62. The molecule has 0 aliphatic heterocycles. The van der Waals surface area contributed by atoms with Gasteiger partial charge in [-0.15, -0.1) is 0 Å². The average Bonchev–Trinajstić information content (AvgIpc) is 3.19. The lowest BCUT2D eigenvalue weighted by atomic mass is 10.2. The molecule has 9 heteroatoms. The van der Waals surface area contributed by atoms with Crippen LogP contribution in [0, 0.1) is 5.82 Å². The number of anilines is 1. The number of aromatic amines is 1. The highest BCUT2D eigenvalue weighted by atomic mass is 35.5. The van der Waals surface area contributed by atoms with Crippen molar-refractivity contribution in [3.63, 3.8) is 0 Å². The lowest BCUT2D eigenvalue weighted by Crippen LogP contribution is -2.23. The van der Waals surface area contributed by atoms with Crippen LogP contribution in [-0.4, -0.2) is 26.2 Å². The average molecular weight is 479 g/mol. The summed E-state index contributed by atoms with van der Waals surface area (Å²) in [5.41, 5.74) is 2.51. The quantitative estimate of drug-likeness (QED) is 0.262. The van der Waals surface area contributed by atoms with Crippen molar-refractivity contribution in [2.45, 2.75) is 5.16 Å². The van der Waals surface area contributed by atoms with Gasteiger partial charge in [-0.3, -0.25) is 14.2 Å². The summed E-state index contributed by atoms with van der Waals surface area (Å²) in [6, 6.07) is 19.9. The molecule has 5 aromatic rings. The lowest BCUT2D eigenvalue weighted by molar-refractivity contribution is -0.113. The molecule has 2 N–H and O–H groups in total. The summed E-state index contributed by atoms with van der Waals surface area (Å²) >= 11 is 7.16. The molecule has 3 aromatic carbocycles. The van der Waals surface area contributed by atoms with Crippen LogP contribution >= 0.6 is 23.4 Å². The number of para-hydroxylation sites is 1. The molecule has 6 nitrogen and oxygen atoms in total. The third kappa shape index (κ3) is 4.22. The van der Waals surface area contributed by atoms with Gasteiger partial charge in [-0.25, -0.2) is 9.37 Å². The van der Waals surface area contributed by atoms with Crippen molar-refractivity contribution in [2.24, 2.45) is 0 Å². The minimum absolute atomic E-state index is 0.00523. The second kappa shape index (κ2) is 8.73. The van der Waals surface area contributed by atoms with E-state index >= 15 is 0 Å². The third-order valence-corrected chi connectivity index (χ3v) is 6.23. The second-order valence-electron chi connectivity index (χ2n) is 7.25. The van der Waals surface area contributed by atoms with E-state index < -0.39 is 0 Å². The Balaban J connectivity index is 1.55. The van der Waals surface area contributed by atoms with Gasteiger partial charge in [0.05, 0.1) is 11.4 Å². The molecule has 0 aliphatic carbocycles. The van der Waals surface area contributed by atoms with Gasteiger partial charge >= 0.3 is 0 Å². The molecule has 164 valence electrons. The Kier molecular flexibility index (Phi) is 5.62. The molecule has 0 atom stereocenters. The highest BCUT2D eigenvalue weighted by Crippen LogP contribution is 2.27. The topological polar surface area (TPSA) is 79.8 Å². The van der Waals surface area contributed by atoms with Crippen molar-refractivity contribution in [2.75, 3.05) is 11.1 Å². The molecule has 0 spiro atoms. The molecule has 0 bridgehead atoms. The van der Waals surface area contributed by atoms with Gasteiger partial charge in [-0.1, -0.05) is 41.6 Å². The van der Waals surface area contributed by atoms with Crippen LogP contribution < -0.4 is 10.9 Å². The molecule has 0 saturated heterocycles. The van der Waals surface area contributed by atoms with Gasteiger partial charge in [-0.2, -0.15) is 0 Å². The summed E-state index contributed by atoms with van der Waals surface area (Å²) in [5, 5.41) is 4.45. The summed E-state index contributed by atoms with van der Waals surface area (Å²) in [7, 11) is 0. The molecule has 0 unspecified atom stereocenters. The summed E-state index contributed by atoms with van der Waals surface area (Å²) in [4.78, 5) is 33.9. The first-order valence-electron chi connectivity index (χ1n) is 9.97. The van der Waals surface area contributed by atoms with E-state index in [1.54, 1.807) is 24.3 Å². The Morgan fingerprint density at radius 3 is 2.55 bits per heavy atom. The number of benzene rings is 3. The number of aromatic nitrogens is 3. The lowest BCUT2D eigenvalue weighted by Gasteiger charge is -2.12. The van der Waals surface area contributed by atoms with Crippen molar-refractivity contribution in [1.82, 2.24) is 14.5 Å². The number of rotatable bonds is 5. The van der Waals surface area contributed by atoms with Gasteiger partial charge in [-0.05, 0) is 54.6 Å². The summed E-state index contributed by atoms with van der Waals surface area (Å²) in [6.45, 7) is 0.